The monoisotopic (exact) mass is 311 g/mol. The number of carbonyl (C=O) groups is 1. The molecule has 3 aromatic rings. The van der Waals surface area contributed by atoms with Crippen molar-refractivity contribution in [3.8, 4) is 5.95 Å². The molecule has 0 atom stereocenters. The van der Waals surface area contributed by atoms with Crippen LogP contribution in [0.4, 0.5) is 0 Å². The van der Waals surface area contributed by atoms with Crippen molar-refractivity contribution in [1.82, 2.24) is 19.3 Å². The van der Waals surface area contributed by atoms with Crippen LogP contribution in [0.3, 0.4) is 0 Å². The number of hydrogen-bond acceptors (Lipinski definition) is 3. The van der Waals surface area contributed by atoms with Crippen LogP contribution in [0.25, 0.3) is 17.0 Å². The number of guanidine groups is 1. The van der Waals surface area contributed by atoms with Crippen LogP contribution >= 0.6 is 0 Å². The van der Waals surface area contributed by atoms with Crippen LogP contribution in [0.5, 0.6) is 0 Å². The van der Waals surface area contributed by atoms with E-state index in [1.165, 1.54) is 6.20 Å². The van der Waals surface area contributed by atoms with E-state index < -0.39 is 5.91 Å². The van der Waals surface area contributed by atoms with Gasteiger partial charge in [-0.1, -0.05) is 19.1 Å². The summed E-state index contributed by atoms with van der Waals surface area (Å²) in [6.45, 7) is 1.93. The average Bonchev–Trinajstić information content (AvgIpc) is 3.08. The van der Waals surface area contributed by atoms with E-state index in [1.54, 1.807) is 4.68 Å². The first-order valence-corrected chi connectivity index (χ1v) is 7.15. The number of rotatable bonds is 3. The Kier molecular flexibility index (Phi) is 3.57. The molecule has 8 nitrogen and oxygen atoms in total. The zero-order chi connectivity index (χ0) is 16.6. The Morgan fingerprint density at radius 1 is 1.30 bits per heavy atom. The van der Waals surface area contributed by atoms with Crippen molar-refractivity contribution in [3.05, 3.63) is 41.7 Å². The molecule has 1 aromatic carbocycles. The summed E-state index contributed by atoms with van der Waals surface area (Å²) < 4.78 is 3.58. The SMILES string of the molecule is CCc1c(C(=O)N=C(N)N)cnn1-c1nc2ccccc2n1C. The van der Waals surface area contributed by atoms with Gasteiger partial charge in [-0.3, -0.25) is 4.79 Å². The van der Waals surface area contributed by atoms with Gasteiger partial charge in [-0.15, -0.1) is 0 Å². The van der Waals surface area contributed by atoms with Gasteiger partial charge < -0.3 is 16.0 Å². The van der Waals surface area contributed by atoms with Gasteiger partial charge in [0.25, 0.3) is 5.91 Å². The van der Waals surface area contributed by atoms with Crippen molar-refractivity contribution in [2.45, 2.75) is 13.3 Å². The van der Waals surface area contributed by atoms with E-state index in [2.05, 4.69) is 15.1 Å². The topological polar surface area (TPSA) is 117 Å². The third-order valence-electron chi connectivity index (χ3n) is 3.62. The molecule has 0 aliphatic heterocycles. The Morgan fingerprint density at radius 2 is 2.04 bits per heavy atom. The first-order valence-electron chi connectivity index (χ1n) is 7.15. The molecule has 2 aromatic heterocycles. The number of nitrogens with two attached hydrogens (primary N) is 2. The Labute approximate surface area is 132 Å². The predicted molar refractivity (Wildman–Crippen MR) is 87.4 cm³/mol. The number of amides is 1. The smallest absolute Gasteiger partial charge is 0.283 e. The van der Waals surface area contributed by atoms with E-state index in [-0.39, 0.29) is 5.96 Å². The highest BCUT2D eigenvalue weighted by Gasteiger charge is 2.20. The standard InChI is InChI=1S/C15H17N7O/c1-3-11-9(13(23)20-14(16)17)8-18-22(11)15-19-10-6-4-5-7-12(10)21(15)2/h4-8H,3H2,1-2H3,(H4,16,17,20,23). The average molecular weight is 311 g/mol. The second-order valence-corrected chi connectivity index (χ2v) is 5.07. The summed E-state index contributed by atoms with van der Waals surface area (Å²) >= 11 is 0. The highest BCUT2D eigenvalue weighted by molar-refractivity contribution is 6.02. The van der Waals surface area contributed by atoms with E-state index in [0.717, 1.165) is 11.0 Å². The number of fused-ring (bicyclic) bond motifs is 1. The second kappa shape index (κ2) is 5.56. The Bertz CT molecular complexity index is 915. The van der Waals surface area contributed by atoms with Crippen molar-refractivity contribution < 1.29 is 4.79 Å². The number of imidazole rings is 1. The highest BCUT2D eigenvalue weighted by atomic mass is 16.1. The fourth-order valence-corrected chi connectivity index (χ4v) is 2.56. The predicted octanol–water partition coefficient (Wildman–Crippen LogP) is 0.735. The Balaban J connectivity index is 2.16. The molecular weight excluding hydrogens is 294 g/mol. The molecule has 0 spiro atoms. The summed E-state index contributed by atoms with van der Waals surface area (Å²) in [5.41, 5.74) is 13.5. The number of para-hydroxylation sites is 2. The summed E-state index contributed by atoms with van der Waals surface area (Å²) in [5.74, 6) is -0.147. The molecule has 2 heterocycles. The van der Waals surface area contributed by atoms with Gasteiger partial charge in [0.15, 0.2) is 5.96 Å². The zero-order valence-electron chi connectivity index (χ0n) is 12.9. The van der Waals surface area contributed by atoms with Crippen LogP contribution in [0.15, 0.2) is 35.5 Å². The van der Waals surface area contributed by atoms with Gasteiger partial charge in [0.1, 0.15) is 0 Å². The van der Waals surface area contributed by atoms with Gasteiger partial charge in [-0.2, -0.15) is 10.1 Å². The first-order chi connectivity index (χ1) is 11.0. The molecule has 0 radical (unpaired) electrons. The molecule has 23 heavy (non-hydrogen) atoms. The lowest BCUT2D eigenvalue weighted by molar-refractivity contribution is 0.100. The number of aryl methyl sites for hydroxylation is 1. The molecule has 118 valence electrons. The molecule has 3 rings (SSSR count). The number of aromatic nitrogens is 4. The van der Waals surface area contributed by atoms with Crippen molar-refractivity contribution in [2.24, 2.45) is 23.5 Å². The fourth-order valence-electron chi connectivity index (χ4n) is 2.56. The van der Waals surface area contributed by atoms with E-state index in [9.17, 15) is 4.79 Å². The van der Waals surface area contributed by atoms with E-state index in [4.69, 9.17) is 11.5 Å². The van der Waals surface area contributed by atoms with Crippen LogP contribution in [-0.4, -0.2) is 31.2 Å². The lowest BCUT2D eigenvalue weighted by Crippen LogP contribution is -2.24. The van der Waals surface area contributed by atoms with Gasteiger partial charge >= 0.3 is 0 Å². The maximum Gasteiger partial charge on any atom is 0.283 e. The molecule has 0 saturated carbocycles. The minimum absolute atomic E-state index is 0.271. The van der Waals surface area contributed by atoms with Crippen molar-refractivity contribution in [2.75, 3.05) is 0 Å². The maximum atomic E-state index is 12.1. The normalized spacial score (nSPS) is 10.9. The lowest BCUT2D eigenvalue weighted by Gasteiger charge is -2.06. The summed E-state index contributed by atoms with van der Waals surface area (Å²) in [6, 6.07) is 7.79. The summed E-state index contributed by atoms with van der Waals surface area (Å²) in [5, 5.41) is 4.30. The molecular formula is C15H17N7O. The fraction of sp³-hybridized carbons (Fsp3) is 0.200. The lowest BCUT2D eigenvalue weighted by atomic mass is 10.2. The minimum Gasteiger partial charge on any atom is -0.370 e. The zero-order valence-corrected chi connectivity index (χ0v) is 12.9. The third-order valence-corrected chi connectivity index (χ3v) is 3.62. The Morgan fingerprint density at radius 3 is 2.70 bits per heavy atom. The van der Waals surface area contributed by atoms with E-state index >= 15 is 0 Å². The van der Waals surface area contributed by atoms with E-state index in [1.807, 2.05) is 42.8 Å². The van der Waals surface area contributed by atoms with Crippen LogP contribution in [-0.2, 0) is 13.5 Å². The third kappa shape index (κ3) is 2.44. The molecule has 0 fully saturated rings. The number of carbonyl (C=O) groups excluding carboxylic acids is 1. The van der Waals surface area contributed by atoms with Crippen molar-refractivity contribution >= 4 is 22.9 Å². The number of nitrogens with zero attached hydrogens (tertiary/aromatic N) is 5. The summed E-state index contributed by atoms with van der Waals surface area (Å²) in [6.07, 6.45) is 2.05. The minimum atomic E-state index is -0.508. The second-order valence-electron chi connectivity index (χ2n) is 5.07. The quantitative estimate of drug-likeness (QED) is 0.546. The molecule has 0 bridgehead atoms. The summed E-state index contributed by atoms with van der Waals surface area (Å²) in [7, 11) is 1.91. The number of hydrogen-bond donors (Lipinski definition) is 2. The van der Waals surface area contributed by atoms with Crippen molar-refractivity contribution in [3.63, 3.8) is 0 Å². The molecule has 1 amide bonds. The van der Waals surface area contributed by atoms with Gasteiger partial charge in [0, 0.05) is 7.05 Å². The number of benzene rings is 1. The molecule has 0 aliphatic rings. The summed E-state index contributed by atoms with van der Waals surface area (Å²) in [4.78, 5) is 20.3. The maximum absolute atomic E-state index is 12.1. The van der Waals surface area contributed by atoms with Crippen LogP contribution in [0.2, 0.25) is 0 Å². The van der Waals surface area contributed by atoms with Crippen molar-refractivity contribution in [1.29, 1.82) is 0 Å². The van der Waals surface area contributed by atoms with Gasteiger partial charge in [0.05, 0.1) is 28.5 Å². The Hall–Kier alpha value is -3.16. The van der Waals surface area contributed by atoms with Gasteiger partial charge in [-0.25, -0.2) is 9.67 Å². The number of aliphatic imine (C=N–C) groups is 1. The van der Waals surface area contributed by atoms with Crippen LogP contribution in [0.1, 0.15) is 23.0 Å². The van der Waals surface area contributed by atoms with E-state index in [0.29, 0.717) is 23.6 Å². The van der Waals surface area contributed by atoms with Gasteiger partial charge in [0.2, 0.25) is 5.95 Å². The van der Waals surface area contributed by atoms with Crippen LogP contribution < -0.4 is 11.5 Å². The largest absolute Gasteiger partial charge is 0.370 e. The highest BCUT2D eigenvalue weighted by Crippen LogP contribution is 2.20. The van der Waals surface area contributed by atoms with Crippen LogP contribution in [0, 0.1) is 0 Å². The molecule has 0 aliphatic carbocycles. The molecule has 0 unspecified atom stereocenters. The van der Waals surface area contributed by atoms with Gasteiger partial charge in [-0.05, 0) is 18.6 Å². The molecule has 4 N–H and O–H groups in total. The first kappa shape index (κ1) is 14.8. The molecule has 0 saturated heterocycles. The molecule has 8 heteroatoms.